The van der Waals surface area contributed by atoms with Gasteiger partial charge in [0.05, 0.1) is 49.6 Å². The molecule has 37 heavy (non-hydrogen) atoms. The van der Waals surface area contributed by atoms with E-state index in [-0.39, 0.29) is 50.9 Å². The van der Waals surface area contributed by atoms with Crippen molar-refractivity contribution in [3.05, 3.63) is 50.9 Å². The maximum Gasteiger partial charge on any atom is 0.337 e. The Morgan fingerprint density at radius 3 is 2.38 bits per heavy atom. The number of anilines is 2. The van der Waals surface area contributed by atoms with Crippen LogP contribution in [0.5, 0.6) is 17.2 Å². The zero-order valence-corrected chi connectivity index (χ0v) is 22.2. The zero-order valence-electron chi connectivity index (χ0n) is 20.7. The number of carbonyl (C=O) groups excluding carboxylic acids is 1. The molecule has 4 rings (SSSR count). The number of methoxy groups -OCH3 is 3. The third-order valence-corrected chi connectivity index (χ3v) is 5.98. The molecule has 1 aromatic carbocycles. The first-order chi connectivity index (χ1) is 17.7. The summed E-state index contributed by atoms with van der Waals surface area (Å²) in [6.07, 6.45) is 2.78. The number of aromatic nitrogens is 3. The van der Waals surface area contributed by atoms with E-state index in [1.807, 2.05) is 13.8 Å². The molecule has 0 saturated carbocycles. The Kier molecular flexibility index (Phi) is 8.51. The van der Waals surface area contributed by atoms with Crippen molar-refractivity contribution in [1.29, 1.82) is 0 Å². The van der Waals surface area contributed by atoms with Crippen LogP contribution in [0, 0.1) is 0 Å². The minimum atomic E-state index is -1.11. The van der Waals surface area contributed by atoms with E-state index in [1.165, 1.54) is 44.6 Å². The third-order valence-electron chi connectivity index (χ3n) is 5.29. The van der Waals surface area contributed by atoms with E-state index in [2.05, 4.69) is 15.0 Å². The Morgan fingerprint density at radius 2 is 1.81 bits per heavy atom. The highest BCUT2D eigenvalue weighted by molar-refractivity contribution is 6.41. The Hall–Kier alpha value is -3.96. The molecule has 1 amide bonds. The van der Waals surface area contributed by atoms with Crippen LogP contribution >= 0.6 is 23.2 Å². The van der Waals surface area contributed by atoms with Gasteiger partial charge in [0.25, 0.3) is 5.91 Å². The molecule has 3 heterocycles. The lowest BCUT2D eigenvalue weighted by Crippen LogP contribution is -2.27. The number of nitrogen functional groups attached to an aromatic ring is 1. The van der Waals surface area contributed by atoms with Gasteiger partial charge < -0.3 is 30.0 Å². The van der Waals surface area contributed by atoms with Crippen molar-refractivity contribution >= 4 is 58.5 Å². The number of aromatic amines is 1. The SMILES string of the molecule is CC.COc1cc(CN2C(=O)/C(=C\c3cc(C(=O)O)c[nH]3)c3c(Cl)nc(N)nc32)c(Cl)c(OC)c1OC. The summed E-state index contributed by atoms with van der Waals surface area (Å²) in [5, 5.41) is 9.36. The molecular weight excluding hydrogens is 525 g/mol. The number of nitrogens with one attached hydrogen (secondary N) is 1. The van der Waals surface area contributed by atoms with E-state index < -0.39 is 11.9 Å². The van der Waals surface area contributed by atoms with Crippen LogP contribution in [0.1, 0.15) is 41.0 Å². The van der Waals surface area contributed by atoms with E-state index in [4.69, 9.17) is 43.1 Å². The Bertz CT molecular complexity index is 1390. The number of H-pyrrole nitrogens is 1. The minimum absolute atomic E-state index is 0.0308. The Balaban J connectivity index is 0.00000186. The number of amides is 1. The average molecular weight is 550 g/mol. The summed E-state index contributed by atoms with van der Waals surface area (Å²) in [5.74, 6) is -0.661. The van der Waals surface area contributed by atoms with E-state index in [0.29, 0.717) is 22.8 Å². The fourth-order valence-corrected chi connectivity index (χ4v) is 4.28. The summed E-state index contributed by atoms with van der Waals surface area (Å²) in [7, 11) is 4.34. The second-order valence-electron chi connectivity index (χ2n) is 7.29. The highest BCUT2D eigenvalue weighted by Crippen LogP contribution is 2.47. The van der Waals surface area contributed by atoms with Crippen molar-refractivity contribution in [3.63, 3.8) is 0 Å². The van der Waals surface area contributed by atoms with Gasteiger partial charge in [-0.05, 0) is 23.8 Å². The Morgan fingerprint density at radius 1 is 1.14 bits per heavy atom. The number of ether oxygens (including phenoxy) is 3. The molecule has 0 aliphatic carbocycles. The van der Waals surface area contributed by atoms with Gasteiger partial charge in [0.2, 0.25) is 11.7 Å². The molecule has 1 aliphatic heterocycles. The molecular formula is C24H25Cl2N5O6. The van der Waals surface area contributed by atoms with Gasteiger partial charge in [-0.3, -0.25) is 9.69 Å². The first-order valence-corrected chi connectivity index (χ1v) is 11.7. The van der Waals surface area contributed by atoms with Crippen molar-refractivity contribution in [3.8, 4) is 17.2 Å². The number of nitrogens with zero attached hydrogens (tertiary/aromatic N) is 3. The van der Waals surface area contributed by atoms with Gasteiger partial charge in [-0.1, -0.05) is 37.0 Å². The van der Waals surface area contributed by atoms with Gasteiger partial charge in [-0.25, -0.2) is 9.78 Å². The molecule has 0 radical (unpaired) electrons. The van der Waals surface area contributed by atoms with Gasteiger partial charge >= 0.3 is 5.97 Å². The molecule has 0 atom stereocenters. The molecule has 3 aromatic rings. The maximum atomic E-state index is 13.5. The lowest BCUT2D eigenvalue weighted by atomic mass is 10.1. The molecule has 1 aliphatic rings. The molecule has 0 unspecified atom stereocenters. The predicted octanol–water partition coefficient (Wildman–Crippen LogP) is 4.53. The van der Waals surface area contributed by atoms with E-state index >= 15 is 0 Å². The fraction of sp³-hybridized carbons (Fsp3) is 0.250. The van der Waals surface area contributed by atoms with Crippen molar-refractivity contribution in [2.45, 2.75) is 20.4 Å². The van der Waals surface area contributed by atoms with Crippen LogP contribution < -0.4 is 24.8 Å². The average Bonchev–Trinajstić information content (AvgIpc) is 3.45. The van der Waals surface area contributed by atoms with Gasteiger partial charge in [-0.2, -0.15) is 4.98 Å². The van der Waals surface area contributed by atoms with E-state index in [1.54, 1.807) is 6.07 Å². The summed E-state index contributed by atoms with van der Waals surface area (Å²) >= 11 is 12.9. The van der Waals surface area contributed by atoms with Crippen LogP contribution in [-0.2, 0) is 11.3 Å². The van der Waals surface area contributed by atoms with Gasteiger partial charge in [-0.15, -0.1) is 0 Å². The normalized spacial score (nSPS) is 13.2. The summed E-state index contributed by atoms with van der Waals surface area (Å²) < 4.78 is 16.1. The summed E-state index contributed by atoms with van der Waals surface area (Å²) in [5.41, 5.74) is 7.08. The van der Waals surface area contributed by atoms with Crippen LogP contribution in [0.3, 0.4) is 0 Å². The van der Waals surface area contributed by atoms with Crippen LogP contribution in [0.15, 0.2) is 18.3 Å². The Labute approximate surface area is 222 Å². The number of nitrogens with two attached hydrogens (primary N) is 1. The van der Waals surface area contributed by atoms with Crippen LogP contribution in [0.2, 0.25) is 10.2 Å². The molecule has 0 spiro atoms. The fourth-order valence-electron chi connectivity index (χ4n) is 3.73. The zero-order chi connectivity index (χ0) is 27.4. The molecule has 4 N–H and O–H groups in total. The number of halogens is 2. The van der Waals surface area contributed by atoms with Crippen LogP contribution in [0.4, 0.5) is 11.8 Å². The van der Waals surface area contributed by atoms with Gasteiger partial charge in [0.15, 0.2) is 17.3 Å². The summed E-state index contributed by atoms with van der Waals surface area (Å²) in [6, 6.07) is 3.00. The van der Waals surface area contributed by atoms with Crippen molar-refractivity contribution in [2.24, 2.45) is 0 Å². The third kappa shape index (κ3) is 5.13. The number of rotatable bonds is 7. The molecule has 0 fully saturated rings. The van der Waals surface area contributed by atoms with Crippen LogP contribution in [-0.4, -0.2) is 53.3 Å². The highest BCUT2D eigenvalue weighted by Gasteiger charge is 2.38. The molecule has 0 saturated heterocycles. The van der Waals surface area contributed by atoms with Crippen molar-refractivity contribution in [1.82, 2.24) is 15.0 Å². The van der Waals surface area contributed by atoms with Gasteiger partial charge in [0.1, 0.15) is 5.15 Å². The monoisotopic (exact) mass is 549 g/mol. The van der Waals surface area contributed by atoms with Crippen molar-refractivity contribution < 1.29 is 28.9 Å². The number of benzene rings is 1. The first-order valence-electron chi connectivity index (χ1n) is 11.0. The molecule has 196 valence electrons. The molecule has 2 aromatic heterocycles. The lowest BCUT2D eigenvalue weighted by molar-refractivity contribution is -0.113. The maximum absolute atomic E-state index is 13.5. The second-order valence-corrected chi connectivity index (χ2v) is 8.02. The topological polar surface area (TPSA) is 153 Å². The molecule has 0 bridgehead atoms. The number of carboxylic acids is 1. The number of aromatic carboxylic acids is 1. The largest absolute Gasteiger partial charge is 0.493 e. The minimum Gasteiger partial charge on any atom is -0.493 e. The van der Waals surface area contributed by atoms with E-state index in [0.717, 1.165) is 0 Å². The quantitative estimate of drug-likeness (QED) is 0.284. The second kappa shape index (κ2) is 11.4. The predicted molar refractivity (Wildman–Crippen MR) is 141 cm³/mol. The first kappa shape index (κ1) is 27.6. The van der Waals surface area contributed by atoms with Crippen molar-refractivity contribution in [2.75, 3.05) is 32.0 Å². The van der Waals surface area contributed by atoms with E-state index in [9.17, 15) is 14.7 Å². The van der Waals surface area contributed by atoms with Crippen LogP contribution in [0.25, 0.3) is 11.6 Å². The molecule has 13 heteroatoms. The number of carbonyl (C=O) groups is 2. The standard InChI is InChI=1S/C22H19Cl2N5O6.C2H6/c1-33-13-5-10(15(23)17(35-3)16(13)34-2)8-29-19-14(18(24)27-22(25)28-19)12(20(29)30)6-11-4-9(7-26-11)21(31)32;1-2/h4-7,26H,8H2,1-3H3,(H,31,32)(H2,25,27,28);1-2H3/b12-6-;. The number of hydrogen-bond donors (Lipinski definition) is 3. The smallest absolute Gasteiger partial charge is 0.337 e. The number of fused-ring (bicyclic) bond motifs is 1. The van der Waals surface area contributed by atoms with Gasteiger partial charge in [0, 0.05) is 11.9 Å². The number of hydrogen-bond acceptors (Lipinski definition) is 8. The molecule has 11 nitrogen and oxygen atoms in total. The number of carboxylic acid groups (broad SMARTS) is 1. The lowest BCUT2D eigenvalue weighted by Gasteiger charge is -2.20. The summed E-state index contributed by atoms with van der Waals surface area (Å²) in [4.78, 5) is 37.1. The highest BCUT2D eigenvalue weighted by atomic mass is 35.5. The summed E-state index contributed by atoms with van der Waals surface area (Å²) in [6.45, 7) is 3.95.